The molecule has 0 amide bonds. The van der Waals surface area contributed by atoms with Gasteiger partial charge in [-0.3, -0.25) is 4.79 Å². The van der Waals surface area contributed by atoms with Crippen molar-refractivity contribution in [3.63, 3.8) is 0 Å². The van der Waals surface area contributed by atoms with E-state index in [0.29, 0.717) is 17.9 Å². The van der Waals surface area contributed by atoms with Gasteiger partial charge in [-0.15, -0.1) is 0 Å². The molecule has 3 heteroatoms. The maximum atomic E-state index is 11.8. The van der Waals surface area contributed by atoms with Crippen molar-refractivity contribution >= 4 is 21.7 Å². The van der Waals surface area contributed by atoms with Crippen molar-refractivity contribution in [2.24, 2.45) is 0 Å². The van der Waals surface area contributed by atoms with E-state index in [4.69, 9.17) is 4.74 Å². The van der Waals surface area contributed by atoms with E-state index in [9.17, 15) is 4.79 Å². The molecular weight excluding hydrogens is 304 g/mol. The molecule has 0 bridgehead atoms. The van der Waals surface area contributed by atoms with Crippen molar-refractivity contribution in [1.82, 2.24) is 0 Å². The van der Waals surface area contributed by atoms with Gasteiger partial charge in [0.05, 0.1) is 5.56 Å². The highest BCUT2D eigenvalue weighted by Gasteiger charge is 2.10. The van der Waals surface area contributed by atoms with Crippen molar-refractivity contribution < 1.29 is 9.53 Å². The van der Waals surface area contributed by atoms with Gasteiger partial charge in [0.25, 0.3) is 0 Å². The Hall–Kier alpha value is -1.87. The number of ketones is 1. The van der Waals surface area contributed by atoms with Crippen LogP contribution in [0.4, 0.5) is 0 Å². The summed E-state index contributed by atoms with van der Waals surface area (Å²) in [6.45, 7) is 3.94. The Morgan fingerprint density at radius 2 is 1.95 bits per heavy atom. The molecule has 0 unspecified atom stereocenters. The SMILES string of the molecule is C=CC(=O)c1cc(Br)ccc1OCc1ccccc1. The minimum Gasteiger partial charge on any atom is -0.488 e. The quantitative estimate of drug-likeness (QED) is 0.603. The lowest BCUT2D eigenvalue weighted by Crippen LogP contribution is -2.02. The van der Waals surface area contributed by atoms with E-state index in [1.807, 2.05) is 36.4 Å². The average molecular weight is 317 g/mol. The smallest absolute Gasteiger partial charge is 0.189 e. The number of ether oxygens (including phenoxy) is 1. The lowest BCUT2D eigenvalue weighted by atomic mass is 10.1. The summed E-state index contributed by atoms with van der Waals surface area (Å²) in [6, 6.07) is 15.2. The Balaban J connectivity index is 2.20. The van der Waals surface area contributed by atoms with Crippen molar-refractivity contribution in [2.75, 3.05) is 0 Å². The molecule has 0 saturated carbocycles. The summed E-state index contributed by atoms with van der Waals surface area (Å²) >= 11 is 3.35. The van der Waals surface area contributed by atoms with Gasteiger partial charge >= 0.3 is 0 Å². The Bertz CT molecular complexity index is 591. The molecule has 0 atom stereocenters. The summed E-state index contributed by atoms with van der Waals surface area (Å²) in [5.74, 6) is 0.418. The number of rotatable bonds is 5. The van der Waals surface area contributed by atoms with E-state index in [2.05, 4.69) is 22.5 Å². The van der Waals surface area contributed by atoms with E-state index in [-0.39, 0.29) is 5.78 Å². The van der Waals surface area contributed by atoms with Gasteiger partial charge in [-0.2, -0.15) is 0 Å². The molecule has 0 aliphatic heterocycles. The molecule has 2 aromatic rings. The summed E-state index contributed by atoms with van der Waals surface area (Å²) in [5, 5.41) is 0. The summed E-state index contributed by atoms with van der Waals surface area (Å²) in [7, 11) is 0. The fraction of sp³-hybridized carbons (Fsp3) is 0.0625. The number of allylic oxidation sites excluding steroid dienone is 1. The fourth-order valence-electron chi connectivity index (χ4n) is 1.67. The second-order valence-electron chi connectivity index (χ2n) is 3.98. The molecule has 0 heterocycles. The van der Waals surface area contributed by atoms with Gasteiger partial charge in [0, 0.05) is 4.47 Å². The van der Waals surface area contributed by atoms with Gasteiger partial charge in [0.1, 0.15) is 12.4 Å². The lowest BCUT2D eigenvalue weighted by Gasteiger charge is -2.10. The topological polar surface area (TPSA) is 26.3 Å². The van der Waals surface area contributed by atoms with E-state index in [0.717, 1.165) is 10.0 Å². The minimum absolute atomic E-state index is 0.149. The molecule has 0 spiro atoms. The van der Waals surface area contributed by atoms with E-state index >= 15 is 0 Å². The molecule has 0 aliphatic carbocycles. The summed E-state index contributed by atoms with van der Waals surface area (Å²) in [6.07, 6.45) is 1.29. The normalized spacial score (nSPS) is 9.95. The van der Waals surface area contributed by atoms with Gasteiger partial charge in [0.15, 0.2) is 5.78 Å². The predicted molar refractivity (Wildman–Crippen MR) is 79.4 cm³/mol. The van der Waals surface area contributed by atoms with Crippen molar-refractivity contribution in [2.45, 2.75) is 6.61 Å². The minimum atomic E-state index is -0.149. The first-order valence-electron chi connectivity index (χ1n) is 5.84. The Kier molecular flexibility index (Phi) is 4.53. The molecule has 2 aromatic carbocycles. The zero-order chi connectivity index (χ0) is 13.7. The molecule has 0 aromatic heterocycles. The fourth-order valence-corrected chi connectivity index (χ4v) is 2.03. The summed E-state index contributed by atoms with van der Waals surface area (Å²) in [5.41, 5.74) is 1.57. The van der Waals surface area contributed by atoms with E-state index in [1.165, 1.54) is 6.08 Å². The van der Waals surface area contributed by atoms with Gasteiger partial charge in [-0.05, 0) is 29.8 Å². The summed E-state index contributed by atoms with van der Waals surface area (Å²) in [4.78, 5) is 11.8. The number of carbonyl (C=O) groups excluding carboxylic acids is 1. The number of halogens is 1. The van der Waals surface area contributed by atoms with E-state index in [1.54, 1.807) is 12.1 Å². The van der Waals surface area contributed by atoms with Crippen LogP contribution < -0.4 is 4.74 Å². The second kappa shape index (κ2) is 6.34. The molecule has 19 heavy (non-hydrogen) atoms. The zero-order valence-corrected chi connectivity index (χ0v) is 11.9. The molecule has 2 nitrogen and oxygen atoms in total. The maximum Gasteiger partial charge on any atom is 0.189 e. The molecule has 0 N–H and O–H groups in total. The Morgan fingerprint density at radius 1 is 1.21 bits per heavy atom. The second-order valence-corrected chi connectivity index (χ2v) is 4.90. The number of hydrogen-bond acceptors (Lipinski definition) is 2. The first kappa shape index (κ1) is 13.6. The number of hydrogen-bond donors (Lipinski definition) is 0. The summed E-state index contributed by atoms with van der Waals surface area (Å²) < 4.78 is 6.55. The van der Waals surface area contributed by atoms with Crippen LogP contribution in [0.15, 0.2) is 65.7 Å². The highest BCUT2D eigenvalue weighted by atomic mass is 79.9. The molecule has 0 fully saturated rings. The largest absolute Gasteiger partial charge is 0.488 e. The molecule has 0 aliphatic rings. The Morgan fingerprint density at radius 3 is 2.63 bits per heavy atom. The van der Waals surface area contributed by atoms with Crippen molar-refractivity contribution in [3.8, 4) is 5.75 Å². The predicted octanol–water partition coefficient (Wildman–Crippen LogP) is 4.40. The third kappa shape index (κ3) is 3.55. The third-order valence-corrected chi connectivity index (χ3v) is 3.12. The number of benzene rings is 2. The van der Waals surface area contributed by atoms with Crippen LogP contribution in [0.2, 0.25) is 0 Å². The van der Waals surface area contributed by atoms with Gasteiger partial charge in [0.2, 0.25) is 0 Å². The van der Waals surface area contributed by atoms with Crippen LogP contribution >= 0.6 is 15.9 Å². The zero-order valence-electron chi connectivity index (χ0n) is 10.3. The van der Waals surface area contributed by atoms with Gasteiger partial charge in [-0.1, -0.05) is 52.8 Å². The van der Waals surface area contributed by atoms with Crippen molar-refractivity contribution in [3.05, 3.63) is 76.8 Å². The first-order valence-corrected chi connectivity index (χ1v) is 6.63. The monoisotopic (exact) mass is 316 g/mol. The van der Waals surface area contributed by atoms with Crippen LogP contribution in [0.25, 0.3) is 0 Å². The Labute approximate surface area is 120 Å². The van der Waals surface area contributed by atoms with Crippen LogP contribution in [-0.4, -0.2) is 5.78 Å². The molecule has 96 valence electrons. The molecular formula is C16H13BrO2. The first-order chi connectivity index (χ1) is 9.20. The van der Waals surface area contributed by atoms with Gasteiger partial charge in [-0.25, -0.2) is 0 Å². The highest BCUT2D eigenvalue weighted by Crippen LogP contribution is 2.24. The van der Waals surface area contributed by atoms with Crippen LogP contribution in [-0.2, 0) is 6.61 Å². The molecule has 2 rings (SSSR count). The molecule has 0 saturated heterocycles. The third-order valence-electron chi connectivity index (χ3n) is 2.63. The average Bonchev–Trinajstić information content (AvgIpc) is 2.46. The standard InChI is InChI=1S/C16H13BrO2/c1-2-15(18)14-10-13(17)8-9-16(14)19-11-12-6-4-3-5-7-12/h2-10H,1,11H2. The lowest BCUT2D eigenvalue weighted by molar-refractivity contribution is 0.104. The molecule has 0 radical (unpaired) electrons. The van der Waals surface area contributed by atoms with E-state index < -0.39 is 0 Å². The van der Waals surface area contributed by atoms with Crippen LogP contribution in [0.3, 0.4) is 0 Å². The highest BCUT2D eigenvalue weighted by molar-refractivity contribution is 9.10. The van der Waals surface area contributed by atoms with Crippen LogP contribution in [0.5, 0.6) is 5.75 Å². The van der Waals surface area contributed by atoms with Crippen LogP contribution in [0.1, 0.15) is 15.9 Å². The van der Waals surface area contributed by atoms with Crippen LogP contribution in [0, 0.1) is 0 Å². The number of carbonyl (C=O) groups is 1. The van der Waals surface area contributed by atoms with Gasteiger partial charge < -0.3 is 4.74 Å². The maximum absolute atomic E-state index is 11.8. The van der Waals surface area contributed by atoms with Crippen molar-refractivity contribution in [1.29, 1.82) is 0 Å².